The molecule has 1 aliphatic rings. The summed E-state index contributed by atoms with van der Waals surface area (Å²) in [6.45, 7) is 6.45. The number of aliphatic imine (C=N–C) groups is 1. The number of nitrogens with one attached hydrogen (secondary N) is 1. The molecule has 1 heterocycles. The Bertz CT molecular complexity index is 954. The molecule has 168 valence electrons. The lowest BCUT2D eigenvalue weighted by molar-refractivity contribution is -0.128. The van der Waals surface area contributed by atoms with Crippen molar-refractivity contribution in [2.45, 2.75) is 31.4 Å². The average molecular weight is 435 g/mol. The fourth-order valence-corrected chi connectivity index (χ4v) is 3.44. The summed E-state index contributed by atoms with van der Waals surface area (Å²) in [6, 6.07) is 17.3. The number of hydrogen-bond donors (Lipinski definition) is 2. The molecule has 1 aliphatic heterocycles. The largest absolute Gasteiger partial charge is 0.494 e. The Morgan fingerprint density at radius 2 is 2.00 bits per heavy atom. The average Bonchev–Trinajstić information content (AvgIpc) is 3.16. The number of ether oxygens (including phenoxy) is 2. The van der Waals surface area contributed by atoms with Crippen molar-refractivity contribution < 1.29 is 19.4 Å². The van der Waals surface area contributed by atoms with E-state index in [0.717, 1.165) is 11.1 Å². The third-order valence-corrected chi connectivity index (χ3v) is 5.27. The summed E-state index contributed by atoms with van der Waals surface area (Å²) in [5, 5.41) is 11.8. The summed E-state index contributed by atoms with van der Waals surface area (Å²) in [6.07, 6.45) is 6.13. The molecule has 0 spiro atoms. The van der Waals surface area contributed by atoms with Gasteiger partial charge in [0.05, 0.1) is 6.61 Å². The highest BCUT2D eigenvalue weighted by molar-refractivity contribution is 6.00. The molecule has 32 heavy (non-hydrogen) atoms. The molecule has 2 aromatic rings. The summed E-state index contributed by atoms with van der Waals surface area (Å²) in [5.41, 5.74) is 0.762. The highest BCUT2D eigenvalue weighted by Crippen LogP contribution is 2.33. The fraction of sp³-hybridized carbons (Fsp3) is 0.308. The summed E-state index contributed by atoms with van der Waals surface area (Å²) in [5.74, 6) is 0.942. The van der Waals surface area contributed by atoms with Crippen LogP contribution < -0.4 is 10.1 Å². The van der Waals surface area contributed by atoms with Gasteiger partial charge in [0.15, 0.2) is 5.54 Å². The van der Waals surface area contributed by atoms with Gasteiger partial charge in [0.2, 0.25) is 5.90 Å². The van der Waals surface area contributed by atoms with Crippen molar-refractivity contribution in [1.29, 1.82) is 0 Å². The van der Waals surface area contributed by atoms with Crippen molar-refractivity contribution in [2.24, 2.45) is 4.99 Å². The van der Waals surface area contributed by atoms with Gasteiger partial charge < -0.3 is 19.9 Å². The Hall–Kier alpha value is -3.38. The SMILES string of the molecule is C=CCNC(=O)[C@]1(C/C=C/c2ccccc2)N=C(c2ccc(OCCCO)cc2)O[C@@H]1C. The molecule has 0 aromatic heterocycles. The lowest BCUT2D eigenvalue weighted by atomic mass is 9.89. The second kappa shape index (κ2) is 11.3. The Labute approximate surface area is 189 Å². The third-order valence-electron chi connectivity index (χ3n) is 5.27. The Kier molecular flexibility index (Phi) is 8.22. The number of hydrogen-bond acceptors (Lipinski definition) is 5. The second-order valence-corrected chi connectivity index (χ2v) is 7.57. The van der Waals surface area contributed by atoms with E-state index in [0.29, 0.717) is 37.6 Å². The van der Waals surface area contributed by atoms with E-state index in [1.54, 1.807) is 6.08 Å². The smallest absolute Gasteiger partial charge is 0.252 e. The molecule has 0 aliphatic carbocycles. The van der Waals surface area contributed by atoms with E-state index in [1.807, 2.05) is 73.7 Å². The summed E-state index contributed by atoms with van der Waals surface area (Å²) < 4.78 is 11.6. The first-order valence-corrected chi connectivity index (χ1v) is 10.8. The van der Waals surface area contributed by atoms with Crippen molar-refractivity contribution in [3.05, 3.63) is 84.5 Å². The first-order valence-electron chi connectivity index (χ1n) is 10.8. The Morgan fingerprint density at radius 1 is 1.25 bits per heavy atom. The van der Waals surface area contributed by atoms with Gasteiger partial charge in [-0.3, -0.25) is 4.79 Å². The van der Waals surface area contributed by atoms with Crippen LogP contribution in [-0.4, -0.2) is 48.3 Å². The molecule has 0 saturated heterocycles. The van der Waals surface area contributed by atoms with E-state index in [2.05, 4.69) is 11.9 Å². The molecule has 2 aromatic carbocycles. The Balaban J connectivity index is 1.82. The van der Waals surface area contributed by atoms with E-state index < -0.39 is 11.6 Å². The number of carbonyl (C=O) groups excluding carboxylic acids is 1. The lowest BCUT2D eigenvalue weighted by Gasteiger charge is -2.26. The zero-order valence-corrected chi connectivity index (χ0v) is 18.4. The predicted octanol–water partition coefficient (Wildman–Crippen LogP) is 3.76. The minimum absolute atomic E-state index is 0.0926. The number of benzene rings is 2. The number of nitrogens with zero attached hydrogens (tertiary/aromatic N) is 1. The summed E-state index contributed by atoms with van der Waals surface area (Å²) in [7, 11) is 0. The Morgan fingerprint density at radius 3 is 2.69 bits per heavy atom. The summed E-state index contributed by atoms with van der Waals surface area (Å²) in [4.78, 5) is 17.9. The van der Waals surface area contributed by atoms with E-state index in [9.17, 15) is 4.79 Å². The monoisotopic (exact) mass is 434 g/mol. The van der Waals surface area contributed by atoms with Gasteiger partial charge in [0, 0.05) is 31.6 Å². The maximum atomic E-state index is 13.1. The van der Waals surface area contributed by atoms with Crippen LogP contribution in [0.4, 0.5) is 0 Å². The van der Waals surface area contributed by atoms with Crippen molar-refractivity contribution >= 4 is 17.9 Å². The molecule has 1 amide bonds. The minimum atomic E-state index is -1.07. The third kappa shape index (κ3) is 5.65. The molecule has 6 heteroatoms. The van der Waals surface area contributed by atoms with Gasteiger partial charge in [-0.25, -0.2) is 4.99 Å². The molecule has 0 radical (unpaired) electrons. The molecule has 0 bridgehead atoms. The number of rotatable bonds is 11. The van der Waals surface area contributed by atoms with Crippen LogP contribution in [0.15, 0.2) is 78.3 Å². The molecule has 0 fully saturated rings. The van der Waals surface area contributed by atoms with Crippen molar-refractivity contribution in [3.63, 3.8) is 0 Å². The highest BCUT2D eigenvalue weighted by Gasteiger charge is 2.49. The molecule has 2 atom stereocenters. The van der Waals surface area contributed by atoms with E-state index in [-0.39, 0.29) is 12.5 Å². The van der Waals surface area contributed by atoms with Gasteiger partial charge in [0.25, 0.3) is 5.91 Å². The van der Waals surface area contributed by atoms with Crippen LogP contribution in [0.3, 0.4) is 0 Å². The van der Waals surface area contributed by atoms with Gasteiger partial charge in [-0.2, -0.15) is 0 Å². The normalized spacial score (nSPS) is 19.9. The van der Waals surface area contributed by atoms with Gasteiger partial charge >= 0.3 is 0 Å². The van der Waals surface area contributed by atoms with Gasteiger partial charge in [-0.15, -0.1) is 6.58 Å². The highest BCUT2D eigenvalue weighted by atomic mass is 16.5. The first kappa shape index (κ1) is 23.3. The van der Waals surface area contributed by atoms with E-state index in [4.69, 9.17) is 19.6 Å². The molecule has 0 saturated carbocycles. The fourth-order valence-electron chi connectivity index (χ4n) is 3.44. The van der Waals surface area contributed by atoms with Gasteiger partial charge in [-0.05, 0) is 36.8 Å². The van der Waals surface area contributed by atoms with Crippen molar-refractivity contribution in [2.75, 3.05) is 19.8 Å². The minimum Gasteiger partial charge on any atom is -0.494 e. The molecular formula is C26H30N2O4. The lowest BCUT2D eigenvalue weighted by Crippen LogP contribution is -2.50. The molecule has 2 N–H and O–H groups in total. The molecule has 6 nitrogen and oxygen atoms in total. The van der Waals surface area contributed by atoms with Gasteiger partial charge in [0.1, 0.15) is 11.9 Å². The predicted molar refractivity (Wildman–Crippen MR) is 127 cm³/mol. The molecule has 0 unspecified atom stereocenters. The van der Waals surface area contributed by atoms with Crippen LogP contribution in [0.1, 0.15) is 30.9 Å². The quantitative estimate of drug-likeness (QED) is 0.417. The second-order valence-electron chi connectivity index (χ2n) is 7.57. The van der Waals surface area contributed by atoms with Crippen LogP contribution in [-0.2, 0) is 9.53 Å². The zero-order chi connectivity index (χ0) is 22.8. The number of aliphatic hydroxyl groups excluding tert-OH is 1. The van der Waals surface area contributed by atoms with Crippen molar-refractivity contribution in [1.82, 2.24) is 5.32 Å². The van der Waals surface area contributed by atoms with Crippen LogP contribution in [0.25, 0.3) is 6.08 Å². The topological polar surface area (TPSA) is 80.2 Å². The van der Waals surface area contributed by atoms with Gasteiger partial charge in [-0.1, -0.05) is 48.6 Å². The number of amides is 1. The van der Waals surface area contributed by atoms with Crippen LogP contribution in [0, 0.1) is 0 Å². The molecule has 3 rings (SSSR count). The van der Waals surface area contributed by atoms with E-state index in [1.165, 1.54) is 0 Å². The van der Waals surface area contributed by atoms with Crippen LogP contribution in [0.5, 0.6) is 5.75 Å². The van der Waals surface area contributed by atoms with E-state index >= 15 is 0 Å². The maximum absolute atomic E-state index is 13.1. The first-order chi connectivity index (χ1) is 15.6. The number of aliphatic hydroxyl groups is 1. The van der Waals surface area contributed by atoms with Crippen LogP contribution >= 0.6 is 0 Å². The summed E-state index contributed by atoms with van der Waals surface area (Å²) >= 11 is 0. The number of carbonyl (C=O) groups is 1. The zero-order valence-electron chi connectivity index (χ0n) is 18.4. The van der Waals surface area contributed by atoms with Crippen LogP contribution in [0.2, 0.25) is 0 Å². The van der Waals surface area contributed by atoms with Crippen molar-refractivity contribution in [3.8, 4) is 5.75 Å². The maximum Gasteiger partial charge on any atom is 0.252 e. The molecular weight excluding hydrogens is 404 g/mol. The standard InChI is InChI=1S/C26H30N2O4/c1-3-17-27-25(30)26(16-7-11-21-9-5-4-6-10-21)20(2)32-24(28-26)22-12-14-23(15-13-22)31-19-8-18-29/h3-7,9-15,20,29H,1,8,16-19H2,2H3,(H,27,30)/b11-7+/t20-,26-/m1/s1.